The van der Waals surface area contributed by atoms with Crippen molar-refractivity contribution in [2.24, 2.45) is 0 Å². The van der Waals surface area contributed by atoms with Crippen LogP contribution in [0.3, 0.4) is 0 Å². The van der Waals surface area contributed by atoms with Crippen molar-refractivity contribution in [3.63, 3.8) is 0 Å². The highest BCUT2D eigenvalue weighted by molar-refractivity contribution is 6.30. The first-order chi connectivity index (χ1) is 22.6. The summed E-state index contributed by atoms with van der Waals surface area (Å²) >= 11 is 6.06. The molecule has 2 aromatic heterocycles. The Morgan fingerprint density at radius 1 is 1.13 bits per heavy atom. The van der Waals surface area contributed by atoms with E-state index in [0.29, 0.717) is 27.9 Å². The fourth-order valence-corrected chi connectivity index (χ4v) is 4.89. The molecule has 242 valence electrons. The summed E-state index contributed by atoms with van der Waals surface area (Å²) in [6.07, 6.45) is 3.89. The van der Waals surface area contributed by atoms with Crippen molar-refractivity contribution in [1.29, 1.82) is 0 Å². The molecule has 1 aliphatic carbocycles. The van der Waals surface area contributed by atoms with E-state index in [4.69, 9.17) is 21.1 Å². The Labute approximate surface area is 272 Å². The fraction of sp³-hybridized carbons (Fsp3) is 0.250. The molecule has 1 saturated heterocycles. The average molecular weight is 662 g/mol. The summed E-state index contributed by atoms with van der Waals surface area (Å²) in [7, 11) is 0. The zero-order valence-electron chi connectivity index (χ0n) is 25.0. The Morgan fingerprint density at radius 2 is 1.91 bits per heavy atom. The standard InChI is InChI=1S/C32H29ClFN7O6/c1-18(36-32(45)46-16-19-5-3-2-4-6-19)31(44)47-17-40-28(42)12-20(30(40)43)11-21-15-35-41-27(37-23-8-9-23)14-26(39-29(21)41)38-25-13-22(33)7-10-24(25)34/h2-7,10-11,13-15,18,23,37H,8-9,12,16-17H2,1H3,(H,36,45)(H,38,39). The van der Waals surface area contributed by atoms with Gasteiger partial charge >= 0.3 is 12.1 Å². The van der Waals surface area contributed by atoms with Crippen LogP contribution in [0.1, 0.15) is 37.3 Å². The fourth-order valence-electron chi connectivity index (χ4n) is 4.72. The normalized spacial score (nSPS) is 16.0. The van der Waals surface area contributed by atoms with E-state index >= 15 is 0 Å². The van der Waals surface area contributed by atoms with Gasteiger partial charge in [0.2, 0.25) is 5.91 Å². The lowest BCUT2D eigenvalue weighted by molar-refractivity contribution is -0.156. The Hall–Kier alpha value is -5.50. The highest BCUT2D eigenvalue weighted by atomic mass is 35.5. The van der Waals surface area contributed by atoms with E-state index in [-0.39, 0.29) is 30.3 Å². The van der Waals surface area contributed by atoms with Gasteiger partial charge in [0.25, 0.3) is 5.91 Å². The number of ether oxygens (including phenoxy) is 2. The molecule has 3 heterocycles. The minimum Gasteiger partial charge on any atom is -0.445 e. The minimum atomic E-state index is -1.10. The number of nitrogens with one attached hydrogen (secondary N) is 3. The van der Waals surface area contributed by atoms with Crippen molar-refractivity contribution in [3.8, 4) is 0 Å². The number of esters is 1. The quantitative estimate of drug-likeness (QED) is 0.116. The summed E-state index contributed by atoms with van der Waals surface area (Å²) < 4.78 is 26.3. The lowest BCUT2D eigenvalue weighted by Crippen LogP contribution is -2.42. The second-order valence-corrected chi connectivity index (χ2v) is 11.5. The smallest absolute Gasteiger partial charge is 0.408 e. The van der Waals surface area contributed by atoms with Crippen LogP contribution in [0, 0.1) is 5.82 Å². The predicted octanol–water partition coefficient (Wildman–Crippen LogP) is 4.80. The third-order valence-electron chi connectivity index (χ3n) is 7.35. The first-order valence-electron chi connectivity index (χ1n) is 14.7. The monoisotopic (exact) mass is 661 g/mol. The van der Waals surface area contributed by atoms with E-state index in [1.807, 2.05) is 6.07 Å². The lowest BCUT2D eigenvalue weighted by atomic mass is 10.1. The Morgan fingerprint density at radius 3 is 2.68 bits per heavy atom. The number of rotatable bonds is 11. The number of fused-ring (bicyclic) bond motifs is 1. The number of likely N-dealkylation sites (tertiary alicyclic amines) is 1. The highest BCUT2D eigenvalue weighted by Gasteiger charge is 2.35. The van der Waals surface area contributed by atoms with Gasteiger partial charge in [-0.25, -0.2) is 23.9 Å². The topological polar surface area (TPSA) is 156 Å². The van der Waals surface area contributed by atoms with E-state index in [1.54, 1.807) is 34.8 Å². The summed E-state index contributed by atoms with van der Waals surface area (Å²) in [6, 6.07) is 14.0. The number of carbonyl (C=O) groups excluding carboxylic acids is 4. The second-order valence-electron chi connectivity index (χ2n) is 11.0. The number of nitrogens with zero attached hydrogens (tertiary/aromatic N) is 4. The average Bonchev–Trinajstić information content (AvgIpc) is 3.72. The first kappa shape index (κ1) is 31.5. The largest absolute Gasteiger partial charge is 0.445 e. The molecule has 3 amide bonds. The van der Waals surface area contributed by atoms with Crippen LogP contribution in [-0.2, 0) is 30.5 Å². The Kier molecular flexibility index (Phi) is 9.02. The Bertz CT molecular complexity index is 1900. The van der Waals surface area contributed by atoms with Crippen LogP contribution in [0.5, 0.6) is 0 Å². The number of benzene rings is 2. The number of amides is 3. The number of aromatic nitrogens is 3. The molecule has 1 aliphatic heterocycles. The number of anilines is 3. The van der Waals surface area contributed by atoms with Gasteiger partial charge in [0.1, 0.15) is 30.1 Å². The molecule has 1 atom stereocenters. The van der Waals surface area contributed by atoms with E-state index in [2.05, 4.69) is 26.0 Å². The van der Waals surface area contributed by atoms with Crippen molar-refractivity contribution in [1.82, 2.24) is 24.8 Å². The maximum Gasteiger partial charge on any atom is 0.408 e. The van der Waals surface area contributed by atoms with Crippen LogP contribution >= 0.6 is 11.6 Å². The van der Waals surface area contributed by atoms with Crippen molar-refractivity contribution >= 4 is 64.5 Å². The number of hydrogen-bond donors (Lipinski definition) is 3. The number of hydrogen-bond acceptors (Lipinski definition) is 10. The summed E-state index contributed by atoms with van der Waals surface area (Å²) in [4.78, 5) is 55.9. The van der Waals surface area contributed by atoms with Crippen LogP contribution in [0.25, 0.3) is 11.7 Å². The number of alkyl carbamates (subject to hydrolysis) is 1. The van der Waals surface area contributed by atoms with Crippen LogP contribution in [0.15, 0.2) is 66.4 Å². The Balaban J connectivity index is 1.13. The number of carbonyl (C=O) groups is 4. The van der Waals surface area contributed by atoms with Crippen LogP contribution in [-0.4, -0.2) is 62.2 Å². The third-order valence-corrected chi connectivity index (χ3v) is 7.58. The molecule has 0 spiro atoms. The van der Waals surface area contributed by atoms with E-state index < -0.39 is 42.5 Å². The van der Waals surface area contributed by atoms with Gasteiger partial charge in [-0.1, -0.05) is 41.9 Å². The molecule has 0 bridgehead atoms. The van der Waals surface area contributed by atoms with Crippen LogP contribution in [0.4, 0.5) is 26.5 Å². The zero-order chi connectivity index (χ0) is 33.1. The van der Waals surface area contributed by atoms with Gasteiger partial charge < -0.3 is 25.4 Å². The van der Waals surface area contributed by atoms with Crippen LogP contribution < -0.4 is 16.0 Å². The van der Waals surface area contributed by atoms with E-state index in [0.717, 1.165) is 23.3 Å². The molecule has 47 heavy (non-hydrogen) atoms. The van der Waals surface area contributed by atoms with Crippen molar-refractivity contribution in [3.05, 3.63) is 88.3 Å². The van der Waals surface area contributed by atoms with Gasteiger partial charge in [0, 0.05) is 28.3 Å². The first-order valence-corrected chi connectivity index (χ1v) is 15.1. The predicted molar refractivity (Wildman–Crippen MR) is 169 cm³/mol. The van der Waals surface area contributed by atoms with E-state index in [1.165, 1.54) is 37.4 Å². The minimum absolute atomic E-state index is 0.0131. The van der Waals surface area contributed by atoms with Crippen molar-refractivity contribution in [2.45, 2.75) is 44.9 Å². The second kappa shape index (κ2) is 13.5. The van der Waals surface area contributed by atoms with Gasteiger partial charge in [0.15, 0.2) is 12.4 Å². The molecular formula is C32H29ClFN7O6. The van der Waals surface area contributed by atoms with Crippen molar-refractivity contribution < 1.29 is 33.0 Å². The summed E-state index contributed by atoms with van der Waals surface area (Å²) in [5, 5.41) is 13.4. The molecule has 2 fully saturated rings. The third kappa shape index (κ3) is 7.49. The summed E-state index contributed by atoms with van der Waals surface area (Å²) in [5.41, 5.74) is 1.81. The lowest BCUT2D eigenvalue weighted by Gasteiger charge is -2.17. The molecular weight excluding hydrogens is 633 g/mol. The molecule has 1 unspecified atom stereocenters. The molecule has 15 heteroatoms. The molecule has 2 aromatic carbocycles. The molecule has 3 N–H and O–H groups in total. The molecule has 2 aliphatic rings. The van der Waals surface area contributed by atoms with Crippen LogP contribution in [0.2, 0.25) is 5.02 Å². The van der Waals surface area contributed by atoms with Gasteiger partial charge in [-0.3, -0.25) is 9.59 Å². The molecule has 4 aromatic rings. The maximum absolute atomic E-state index is 14.5. The van der Waals surface area contributed by atoms with Crippen molar-refractivity contribution in [2.75, 3.05) is 17.4 Å². The maximum atomic E-state index is 14.5. The van der Waals surface area contributed by atoms with Gasteiger partial charge in [0.05, 0.1) is 18.3 Å². The van der Waals surface area contributed by atoms with E-state index in [9.17, 15) is 23.6 Å². The van der Waals surface area contributed by atoms with Gasteiger partial charge in [-0.05, 0) is 49.6 Å². The number of halogens is 2. The zero-order valence-corrected chi connectivity index (χ0v) is 25.8. The SMILES string of the molecule is CC(NC(=O)OCc1ccccc1)C(=O)OCN1C(=O)CC(=Cc2cnn3c(NC4CC4)cc(Nc4cc(Cl)ccc4F)nc23)C1=O. The highest BCUT2D eigenvalue weighted by Crippen LogP contribution is 2.30. The summed E-state index contributed by atoms with van der Waals surface area (Å²) in [6.45, 7) is 0.763. The number of imide groups is 1. The van der Waals surface area contributed by atoms with Gasteiger partial charge in [-0.15, -0.1) is 0 Å². The molecule has 0 radical (unpaired) electrons. The molecule has 1 saturated carbocycles. The molecule has 6 rings (SSSR count). The van der Waals surface area contributed by atoms with Gasteiger partial charge in [-0.2, -0.15) is 9.61 Å². The summed E-state index contributed by atoms with van der Waals surface area (Å²) in [5.74, 6) is -1.71. The molecule has 13 nitrogen and oxygen atoms in total.